The van der Waals surface area contributed by atoms with Crippen LogP contribution in [0.5, 0.6) is 0 Å². The van der Waals surface area contributed by atoms with Gasteiger partial charge in [0.25, 0.3) is 0 Å². The summed E-state index contributed by atoms with van der Waals surface area (Å²) in [6, 6.07) is 2.31. The SMILES string of the molecule is CC(C)(C#N)CCCCSc1nnc(N)s1. The lowest BCUT2D eigenvalue weighted by Crippen LogP contribution is -2.07. The maximum absolute atomic E-state index is 8.85. The van der Waals surface area contributed by atoms with Crippen LogP contribution in [0.4, 0.5) is 5.13 Å². The molecule has 0 aliphatic rings. The molecule has 0 spiro atoms. The summed E-state index contributed by atoms with van der Waals surface area (Å²) in [5.41, 5.74) is 5.28. The van der Waals surface area contributed by atoms with Gasteiger partial charge in [0.1, 0.15) is 0 Å². The molecule has 1 rings (SSSR count). The second-order valence-corrected chi connectivity index (χ2v) is 6.56. The van der Waals surface area contributed by atoms with E-state index in [0.29, 0.717) is 5.13 Å². The number of nitriles is 1. The second kappa shape index (κ2) is 6.06. The smallest absolute Gasteiger partial charge is 0.203 e. The third kappa shape index (κ3) is 4.81. The highest BCUT2D eigenvalue weighted by molar-refractivity contribution is 8.01. The molecular formula is C10H16N4S2. The highest BCUT2D eigenvalue weighted by Gasteiger charge is 2.15. The Hall–Kier alpha value is -0.800. The first kappa shape index (κ1) is 13.3. The molecule has 0 atom stereocenters. The van der Waals surface area contributed by atoms with E-state index in [1.54, 1.807) is 11.8 Å². The summed E-state index contributed by atoms with van der Waals surface area (Å²) >= 11 is 3.10. The summed E-state index contributed by atoms with van der Waals surface area (Å²) in [5.74, 6) is 1.01. The third-order valence-corrected chi connectivity index (χ3v) is 4.12. The van der Waals surface area contributed by atoms with Gasteiger partial charge in [-0.2, -0.15) is 5.26 Å². The van der Waals surface area contributed by atoms with Gasteiger partial charge in [-0.3, -0.25) is 0 Å². The minimum absolute atomic E-state index is 0.197. The van der Waals surface area contributed by atoms with E-state index in [-0.39, 0.29) is 5.41 Å². The number of hydrogen-bond acceptors (Lipinski definition) is 6. The van der Waals surface area contributed by atoms with Crippen LogP contribution in [0, 0.1) is 16.7 Å². The van der Waals surface area contributed by atoms with Crippen LogP contribution in [0.1, 0.15) is 33.1 Å². The van der Waals surface area contributed by atoms with Crippen molar-refractivity contribution in [2.75, 3.05) is 11.5 Å². The predicted octanol–water partition coefficient (Wildman–Crippen LogP) is 2.93. The van der Waals surface area contributed by atoms with Crippen molar-refractivity contribution < 1.29 is 0 Å². The van der Waals surface area contributed by atoms with Crippen molar-refractivity contribution in [1.29, 1.82) is 5.26 Å². The second-order valence-electron chi connectivity index (χ2n) is 4.21. The first-order valence-electron chi connectivity index (χ1n) is 5.16. The lowest BCUT2D eigenvalue weighted by atomic mass is 9.89. The number of anilines is 1. The quantitative estimate of drug-likeness (QED) is 0.625. The molecule has 0 unspecified atom stereocenters. The van der Waals surface area contributed by atoms with Crippen LogP contribution in [-0.2, 0) is 0 Å². The van der Waals surface area contributed by atoms with E-state index in [9.17, 15) is 0 Å². The molecule has 0 amide bonds. The van der Waals surface area contributed by atoms with Gasteiger partial charge in [-0.1, -0.05) is 29.5 Å². The zero-order valence-electron chi connectivity index (χ0n) is 9.56. The zero-order chi connectivity index (χ0) is 12.0. The van der Waals surface area contributed by atoms with E-state index < -0.39 is 0 Å². The molecule has 0 saturated carbocycles. The number of nitrogens with zero attached hydrogens (tertiary/aromatic N) is 3. The number of hydrogen-bond donors (Lipinski definition) is 1. The summed E-state index contributed by atoms with van der Waals surface area (Å²) in [5, 5.41) is 17.0. The highest BCUT2D eigenvalue weighted by atomic mass is 32.2. The minimum Gasteiger partial charge on any atom is -0.374 e. The molecule has 6 heteroatoms. The predicted molar refractivity (Wildman–Crippen MR) is 68.3 cm³/mol. The van der Waals surface area contributed by atoms with Crippen LogP contribution < -0.4 is 5.73 Å². The number of thioether (sulfide) groups is 1. The van der Waals surface area contributed by atoms with Crippen molar-refractivity contribution in [3.8, 4) is 6.07 Å². The molecule has 0 radical (unpaired) electrons. The molecule has 4 nitrogen and oxygen atoms in total. The highest BCUT2D eigenvalue weighted by Crippen LogP contribution is 2.26. The van der Waals surface area contributed by atoms with Gasteiger partial charge in [0, 0.05) is 5.75 Å². The van der Waals surface area contributed by atoms with E-state index in [1.165, 1.54) is 11.3 Å². The maximum Gasteiger partial charge on any atom is 0.203 e. The van der Waals surface area contributed by atoms with Crippen LogP contribution in [0.2, 0.25) is 0 Å². The van der Waals surface area contributed by atoms with Crippen LogP contribution in [0.3, 0.4) is 0 Å². The van der Waals surface area contributed by atoms with E-state index in [2.05, 4.69) is 16.3 Å². The van der Waals surface area contributed by atoms with Gasteiger partial charge >= 0.3 is 0 Å². The maximum atomic E-state index is 8.85. The molecule has 2 N–H and O–H groups in total. The van der Waals surface area contributed by atoms with Gasteiger partial charge in [0.15, 0.2) is 4.34 Å². The van der Waals surface area contributed by atoms with Gasteiger partial charge in [0.2, 0.25) is 5.13 Å². The largest absolute Gasteiger partial charge is 0.374 e. The summed E-state index contributed by atoms with van der Waals surface area (Å²) in [7, 11) is 0. The van der Waals surface area contributed by atoms with Crippen molar-refractivity contribution in [1.82, 2.24) is 10.2 Å². The molecule has 0 aliphatic carbocycles. The summed E-state index contributed by atoms with van der Waals surface area (Å²) in [4.78, 5) is 0. The summed E-state index contributed by atoms with van der Waals surface area (Å²) in [6.07, 6.45) is 3.11. The van der Waals surface area contributed by atoms with Gasteiger partial charge in [-0.15, -0.1) is 10.2 Å². The number of aromatic nitrogens is 2. The number of nitrogens with two attached hydrogens (primary N) is 1. The first-order chi connectivity index (χ1) is 7.53. The van der Waals surface area contributed by atoms with Crippen LogP contribution in [0.25, 0.3) is 0 Å². The van der Waals surface area contributed by atoms with E-state index >= 15 is 0 Å². The fraction of sp³-hybridized carbons (Fsp3) is 0.700. The first-order valence-corrected chi connectivity index (χ1v) is 6.97. The molecule has 0 aromatic carbocycles. The Kier molecular flexibility index (Phi) is 5.03. The van der Waals surface area contributed by atoms with Crippen molar-refractivity contribution in [2.45, 2.75) is 37.4 Å². The molecule has 88 valence electrons. The minimum atomic E-state index is -0.197. The van der Waals surface area contributed by atoms with Crippen molar-refractivity contribution in [3.05, 3.63) is 0 Å². The summed E-state index contributed by atoms with van der Waals surface area (Å²) in [6.45, 7) is 3.96. The Morgan fingerprint density at radius 1 is 1.44 bits per heavy atom. The average molecular weight is 256 g/mol. The monoisotopic (exact) mass is 256 g/mol. The van der Waals surface area contributed by atoms with Crippen LogP contribution >= 0.6 is 23.1 Å². The molecule has 0 fully saturated rings. The fourth-order valence-corrected chi connectivity index (χ4v) is 2.87. The molecule has 1 heterocycles. The van der Waals surface area contributed by atoms with E-state index in [1.807, 2.05) is 13.8 Å². The van der Waals surface area contributed by atoms with Gasteiger partial charge < -0.3 is 5.73 Å². The van der Waals surface area contributed by atoms with Crippen molar-refractivity contribution in [3.63, 3.8) is 0 Å². The normalized spacial score (nSPS) is 11.3. The lowest BCUT2D eigenvalue weighted by Gasteiger charge is -2.13. The fourth-order valence-electron chi connectivity index (χ4n) is 1.16. The summed E-state index contributed by atoms with van der Waals surface area (Å²) < 4.78 is 0.928. The zero-order valence-corrected chi connectivity index (χ0v) is 11.2. The number of nitrogen functional groups attached to an aromatic ring is 1. The Bertz CT molecular complexity index is 367. The molecular weight excluding hydrogens is 240 g/mol. The van der Waals surface area contributed by atoms with Crippen molar-refractivity contribution in [2.24, 2.45) is 5.41 Å². The topological polar surface area (TPSA) is 75.6 Å². The van der Waals surface area contributed by atoms with Crippen molar-refractivity contribution >= 4 is 28.2 Å². The van der Waals surface area contributed by atoms with Gasteiger partial charge in [0.05, 0.1) is 11.5 Å². The Balaban J connectivity index is 2.11. The molecule has 0 bridgehead atoms. The Morgan fingerprint density at radius 2 is 2.19 bits per heavy atom. The molecule has 0 aliphatic heterocycles. The number of rotatable bonds is 6. The van der Waals surface area contributed by atoms with E-state index in [4.69, 9.17) is 11.0 Å². The van der Waals surface area contributed by atoms with Gasteiger partial charge in [-0.05, 0) is 26.7 Å². The lowest BCUT2D eigenvalue weighted by molar-refractivity contribution is 0.433. The van der Waals surface area contributed by atoms with E-state index in [0.717, 1.165) is 29.4 Å². The molecule has 1 aromatic heterocycles. The Morgan fingerprint density at radius 3 is 2.75 bits per heavy atom. The molecule has 1 aromatic rings. The molecule has 0 saturated heterocycles. The van der Waals surface area contributed by atoms with Crippen LogP contribution in [0.15, 0.2) is 4.34 Å². The average Bonchev–Trinajstić information content (AvgIpc) is 2.64. The number of unbranched alkanes of at least 4 members (excludes halogenated alkanes) is 1. The third-order valence-electron chi connectivity index (χ3n) is 2.15. The standard InChI is InChI=1S/C10H16N4S2/c1-10(2,7-11)5-3-4-6-15-9-14-13-8(12)16-9/h3-6H2,1-2H3,(H2,12,13). The molecule has 16 heavy (non-hydrogen) atoms. The van der Waals surface area contributed by atoms with Gasteiger partial charge in [-0.25, -0.2) is 0 Å². The van der Waals surface area contributed by atoms with Crippen LogP contribution in [-0.4, -0.2) is 16.0 Å². The Labute approximate surface area is 104 Å².